The van der Waals surface area contributed by atoms with Crippen molar-refractivity contribution in [2.75, 3.05) is 39.8 Å². The molecule has 1 spiro atoms. The molecule has 0 bridgehead atoms. The van der Waals surface area contributed by atoms with Crippen LogP contribution in [-0.4, -0.2) is 68.0 Å². The molecule has 0 amide bonds. The van der Waals surface area contributed by atoms with Gasteiger partial charge in [0.2, 0.25) is 10.0 Å². The Bertz CT molecular complexity index is 900. The number of sulfonamides is 1. The van der Waals surface area contributed by atoms with Crippen molar-refractivity contribution in [2.45, 2.75) is 55.7 Å². The Labute approximate surface area is 175 Å². The number of likely N-dealkylation sites (tertiary alicyclic amines) is 1. The monoisotopic (exact) mass is 447 g/mol. The van der Waals surface area contributed by atoms with Gasteiger partial charge in [-0.25, -0.2) is 13.4 Å². The smallest absolute Gasteiger partial charge is 0.377 e. The predicted molar refractivity (Wildman–Crippen MR) is 104 cm³/mol. The van der Waals surface area contributed by atoms with Crippen molar-refractivity contribution in [2.24, 2.45) is 5.41 Å². The van der Waals surface area contributed by atoms with Gasteiger partial charge in [-0.1, -0.05) is 19.3 Å². The second-order valence-corrected chi connectivity index (χ2v) is 11.1. The van der Waals surface area contributed by atoms with Crippen LogP contribution in [0, 0.1) is 12.3 Å². The third kappa shape index (κ3) is 3.87. The molecule has 4 rings (SSSR count). The van der Waals surface area contributed by atoms with Gasteiger partial charge in [-0.3, -0.25) is 4.90 Å². The van der Waals surface area contributed by atoms with Gasteiger partial charge >= 0.3 is 6.18 Å². The maximum absolute atomic E-state index is 12.9. The van der Waals surface area contributed by atoms with Crippen LogP contribution in [0.15, 0.2) is 17.0 Å². The molecule has 1 aromatic rings. The molecule has 0 atom stereocenters. The van der Waals surface area contributed by atoms with Crippen molar-refractivity contribution in [3.8, 4) is 0 Å². The maximum atomic E-state index is 12.9. The molecule has 168 valence electrons. The molecule has 1 aliphatic carbocycles. The van der Waals surface area contributed by atoms with E-state index < -0.39 is 21.9 Å². The zero-order chi connectivity index (χ0) is 21.8. The molecule has 0 N–H and O–H groups in total. The lowest BCUT2D eigenvalue weighted by molar-refractivity contribution is -0.141. The van der Waals surface area contributed by atoms with Crippen molar-refractivity contribution in [3.63, 3.8) is 0 Å². The number of alkyl halides is 3. The number of aromatic nitrogens is 1. The molecule has 3 aliphatic rings. The second kappa shape index (κ2) is 7.43. The fourth-order valence-corrected chi connectivity index (χ4v) is 7.06. The number of aryl methyl sites for hydroxylation is 1. The third-order valence-corrected chi connectivity index (χ3v) is 8.72. The summed E-state index contributed by atoms with van der Waals surface area (Å²) in [6, 6.07) is 1.75. The van der Waals surface area contributed by atoms with Crippen LogP contribution in [0.1, 0.15) is 43.5 Å². The molecule has 0 aromatic carbocycles. The van der Waals surface area contributed by atoms with Gasteiger partial charge in [-0.2, -0.15) is 17.5 Å². The molecule has 30 heavy (non-hydrogen) atoms. The normalized spacial score (nSPS) is 24.4. The summed E-state index contributed by atoms with van der Waals surface area (Å²) < 4.78 is 71.4. The zero-order valence-corrected chi connectivity index (χ0v) is 18.2. The fraction of sp³-hybridized carbons (Fsp3) is 0.750. The van der Waals surface area contributed by atoms with Gasteiger partial charge < -0.3 is 4.74 Å². The van der Waals surface area contributed by atoms with Crippen LogP contribution in [0.25, 0.3) is 0 Å². The number of pyridine rings is 1. The summed E-state index contributed by atoms with van der Waals surface area (Å²) in [7, 11) is -2.07. The van der Waals surface area contributed by atoms with Crippen LogP contribution in [0.4, 0.5) is 13.2 Å². The third-order valence-electron chi connectivity index (χ3n) is 6.80. The van der Waals surface area contributed by atoms with Crippen LogP contribution in [0.3, 0.4) is 0 Å². The molecule has 6 nitrogen and oxygen atoms in total. The van der Waals surface area contributed by atoms with Gasteiger partial charge in [0.25, 0.3) is 0 Å². The van der Waals surface area contributed by atoms with E-state index in [0.29, 0.717) is 13.1 Å². The minimum Gasteiger partial charge on any atom is -0.377 e. The number of halogens is 3. The molecule has 3 heterocycles. The van der Waals surface area contributed by atoms with Crippen LogP contribution < -0.4 is 0 Å². The van der Waals surface area contributed by atoms with E-state index in [9.17, 15) is 21.6 Å². The molecular formula is C20H28F3N3O3S. The standard InChI is InChI=1S/C20H28F3N3O3S/c1-15-16(6-7-17(24-15)20(21,22)23)30(27,28)26-12-18(13-26)10-25(11-18)14-19(29-2)8-4-3-5-9-19/h6-7H,3-5,8-14H2,1-2H3. The number of nitrogens with zero attached hydrogens (tertiary/aromatic N) is 3. The largest absolute Gasteiger partial charge is 0.433 e. The van der Waals surface area contributed by atoms with Crippen molar-refractivity contribution < 1.29 is 26.3 Å². The van der Waals surface area contributed by atoms with Gasteiger partial charge in [0.05, 0.1) is 11.3 Å². The Morgan fingerprint density at radius 2 is 1.73 bits per heavy atom. The van der Waals surface area contributed by atoms with Crippen LogP contribution >= 0.6 is 0 Å². The van der Waals surface area contributed by atoms with Crippen molar-refractivity contribution in [1.29, 1.82) is 0 Å². The quantitative estimate of drug-likeness (QED) is 0.694. The fourth-order valence-electron chi connectivity index (χ4n) is 5.23. The second-order valence-electron chi connectivity index (χ2n) is 9.14. The molecule has 1 saturated carbocycles. The molecule has 0 unspecified atom stereocenters. The Kier molecular flexibility index (Phi) is 5.44. The number of methoxy groups -OCH3 is 1. The van der Waals surface area contributed by atoms with E-state index in [1.54, 1.807) is 7.11 Å². The predicted octanol–water partition coefficient (Wildman–Crippen LogP) is 3.06. The summed E-state index contributed by atoms with van der Waals surface area (Å²) in [6.45, 7) is 4.62. The van der Waals surface area contributed by atoms with Gasteiger partial charge in [-0.15, -0.1) is 0 Å². The van der Waals surface area contributed by atoms with Gasteiger partial charge in [0.1, 0.15) is 10.6 Å². The molecule has 2 saturated heterocycles. The summed E-state index contributed by atoms with van der Waals surface area (Å²) in [5.41, 5.74) is -1.34. The summed E-state index contributed by atoms with van der Waals surface area (Å²) >= 11 is 0. The van der Waals surface area contributed by atoms with E-state index in [-0.39, 0.29) is 21.6 Å². The molecule has 2 aliphatic heterocycles. The van der Waals surface area contributed by atoms with E-state index >= 15 is 0 Å². The summed E-state index contributed by atoms with van der Waals surface area (Å²) in [6.07, 6.45) is 1.14. The minimum absolute atomic E-state index is 0.0517. The number of ether oxygens (including phenoxy) is 1. The summed E-state index contributed by atoms with van der Waals surface area (Å²) in [5.74, 6) is 0. The highest BCUT2D eigenvalue weighted by Gasteiger charge is 2.56. The van der Waals surface area contributed by atoms with Crippen LogP contribution in [-0.2, 0) is 20.9 Å². The van der Waals surface area contributed by atoms with Crippen molar-refractivity contribution in [1.82, 2.24) is 14.2 Å². The zero-order valence-electron chi connectivity index (χ0n) is 17.3. The van der Waals surface area contributed by atoms with E-state index in [2.05, 4.69) is 9.88 Å². The number of hydrogen-bond acceptors (Lipinski definition) is 5. The Balaban J connectivity index is 1.37. The van der Waals surface area contributed by atoms with Gasteiger partial charge in [0.15, 0.2) is 0 Å². The maximum Gasteiger partial charge on any atom is 0.433 e. The first-order valence-corrected chi connectivity index (χ1v) is 11.8. The minimum atomic E-state index is -4.60. The highest BCUT2D eigenvalue weighted by Crippen LogP contribution is 2.44. The molecule has 1 aromatic heterocycles. The van der Waals surface area contributed by atoms with E-state index in [4.69, 9.17) is 4.74 Å². The lowest BCUT2D eigenvalue weighted by Crippen LogP contribution is -2.73. The van der Waals surface area contributed by atoms with E-state index in [1.165, 1.54) is 30.5 Å². The lowest BCUT2D eigenvalue weighted by Gasteiger charge is -2.61. The highest BCUT2D eigenvalue weighted by molar-refractivity contribution is 7.89. The lowest BCUT2D eigenvalue weighted by atomic mass is 9.73. The number of hydrogen-bond donors (Lipinski definition) is 0. The Hall–Kier alpha value is -1.23. The van der Waals surface area contributed by atoms with E-state index in [0.717, 1.165) is 44.6 Å². The summed E-state index contributed by atoms with van der Waals surface area (Å²) in [4.78, 5) is 5.65. The van der Waals surface area contributed by atoms with Gasteiger partial charge in [0, 0.05) is 45.2 Å². The van der Waals surface area contributed by atoms with Crippen molar-refractivity contribution >= 4 is 10.0 Å². The first-order valence-electron chi connectivity index (χ1n) is 10.3. The molecular weight excluding hydrogens is 419 g/mol. The Morgan fingerprint density at radius 1 is 1.10 bits per heavy atom. The average Bonchev–Trinajstić information content (AvgIpc) is 2.62. The average molecular weight is 448 g/mol. The first kappa shape index (κ1) is 22.0. The van der Waals surface area contributed by atoms with Crippen LogP contribution in [0.5, 0.6) is 0 Å². The number of rotatable bonds is 5. The topological polar surface area (TPSA) is 62.7 Å². The summed E-state index contributed by atoms with van der Waals surface area (Å²) in [5, 5.41) is 0. The van der Waals surface area contributed by atoms with Crippen LogP contribution in [0.2, 0.25) is 0 Å². The molecule has 10 heteroatoms. The SMILES string of the molecule is COC1(CN2CC3(C2)CN(S(=O)(=O)c2ccc(C(F)(F)F)nc2C)C3)CCCCC1. The molecule has 0 radical (unpaired) electrons. The first-order chi connectivity index (χ1) is 14.0. The molecule has 3 fully saturated rings. The Morgan fingerprint density at radius 3 is 2.27 bits per heavy atom. The van der Waals surface area contributed by atoms with Crippen molar-refractivity contribution in [3.05, 3.63) is 23.5 Å². The van der Waals surface area contributed by atoms with Gasteiger partial charge in [-0.05, 0) is 31.9 Å². The highest BCUT2D eigenvalue weighted by atomic mass is 32.2. The van der Waals surface area contributed by atoms with E-state index in [1.807, 2.05) is 0 Å².